The highest BCUT2D eigenvalue weighted by atomic mass is 32.2. The van der Waals surface area contributed by atoms with Crippen molar-refractivity contribution < 1.29 is 0 Å². The molecule has 1 fully saturated rings. The molecule has 130 valence electrons. The molecule has 4 nitrogen and oxygen atoms in total. The van der Waals surface area contributed by atoms with Gasteiger partial charge in [-0.15, -0.1) is 0 Å². The molecule has 1 atom stereocenters. The Hall–Kier alpha value is -0.420. The number of hydrogen-bond acceptors (Lipinski definition) is 3. The van der Waals surface area contributed by atoms with Gasteiger partial charge in [-0.05, 0) is 65.3 Å². The van der Waals surface area contributed by atoms with Gasteiger partial charge in [-0.1, -0.05) is 6.92 Å². The molecule has 22 heavy (non-hydrogen) atoms. The predicted octanol–water partition coefficient (Wildman–Crippen LogP) is 2.81. The van der Waals surface area contributed by atoms with Crippen molar-refractivity contribution in [1.82, 2.24) is 15.5 Å². The minimum atomic E-state index is 0.201. The van der Waals surface area contributed by atoms with Crippen LogP contribution in [0.1, 0.15) is 47.0 Å². The van der Waals surface area contributed by atoms with Gasteiger partial charge in [-0.25, -0.2) is 0 Å². The Balaban J connectivity index is 2.27. The molecule has 0 saturated carbocycles. The van der Waals surface area contributed by atoms with E-state index in [4.69, 9.17) is 4.99 Å². The number of thioether (sulfide) groups is 1. The quantitative estimate of drug-likeness (QED) is 0.408. The van der Waals surface area contributed by atoms with Crippen LogP contribution in [0.25, 0.3) is 0 Å². The van der Waals surface area contributed by atoms with E-state index in [0.29, 0.717) is 0 Å². The largest absolute Gasteiger partial charge is 0.357 e. The fourth-order valence-corrected chi connectivity index (χ4v) is 2.87. The second-order valence-electron chi connectivity index (χ2n) is 6.99. The molecule has 1 aliphatic rings. The van der Waals surface area contributed by atoms with Gasteiger partial charge in [-0.3, -0.25) is 4.99 Å². The van der Waals surface area contributed by atoms with Gasteiger partial charge in [0, 0.05) is 24.4 Å². The molecule has 0 aromatic heterocycles. The second kappa shape index (κ2) is 10.4. The number of nitrogens with zero attached hydrogens (tertiary/aromatic N) is 2. The normalized spacial score (nSPS) is 21.0. The number of piperidine rings is 1. The molecule has 0 amide bonds. The third kappa shape index (κ3) is 8.28. The molecule has 1 rings (SSSR count). The van der Waals surface area contributed by atoms with E-state index < -0.39 is 0 Å². The molecule has 0 aromatic rings. The van der Waals surface area contributed by atoms with Crippen molar-refractivity contribution in [2.75, 3.05) is 45.5 Å². The van der Waals surface area contributed by atoms with E-state index in [2.05, 4.69) is 49.5 Å². The first kappa shape index (κ1) is 19.6. The molecular formula is C17H36N4S. The van der Waals surface area contributed by atoms with Gasteiger partial charge in [-0.2, -0.15) is 11.8 Å². The number of nitrogens with one attached hydrogen (secondary N) is 2. The van der Waals surface area contributed by atoms with E-state index in [1.807, 2.05) is 11.8 Å². The van der Waals surface area contributed by atoms with Crippen molar-refractivity contribution >= 4 is 17.7 Å². The standard InChI is InChI=1S/C17H36N4S/c1-6-18-16(20-14-17(3,4)22-5)19-10-8-12-21-11-7-9-15(2)13-21/h15H,6-14H2,1-5H3,(H2,18,19,20). The third-order valence-electron chi connectivity index (χ3n) is 4.20. The Bertz CT molecular complexity index is 331. The molecule has 1 saturated heterocycles. The van der Waals surface area contributed by atoms with Crippen LogP contribution in [-0.2, 0) is 0 Å². The Morgan fingerprint density at radius 2 is 2.14 bits per heavy atom. The molecule has 2 N–H and O–H groups in total. The smallest absolute Gasteiger partial charge is 0.191 e. The highest BCUT2D eigenvalue weighted by Gasteiger charge is 2.16. The Labute approximate surface area is 141 Å². The lowest BCUT2D eigenvalue weighted by atomic mass is 10.0. The van der Waals surface area contributed by atoms with E-state index in [0.717, 1.165) is 31.5 Å². The van der Waals surface area contributed by atoms with Crippen molar-refractivity contribution in [2.24, 2.45) is 10.9 Å². The van der Waals surface area contributed by atoms with Crippen molar-refractivity contribution in [3.05, 3.63) is 0 Å². The van der Waals surface area contributed by atoms with E-state index in [9.17, 15) is 0 Å². The van der Waals surface area contributed by atoms with E-state index >= 15 is 0 Å². The minimum absolute atomic E-state index is 0.201. The van der Waals surface area contributed by atoms with Crippen molar-refractivity contribution in [3.63, 3.8) is 0 Å². The maximum Gasteiger partial charge on any atom is 0.191 e. The average molecular weight is 329 g/mol. The SMILES string of the molecule is CCNC(=NCC(C)(C)SC)NCCCN1CCCC(C)C1. The Morgan fingerprint density at radius 1 is 1.36 bits per heavy atom. The van der Waals surface area contributed by atoms with Crippen LogP contribution in [0.3, 0.4) is 0 Å². The first-order valence-corrected chi connectivity index (χ1v) is 9.99. The zero-order valence-electron chi connectivity index (χ0n) is 15.2. The fourth-order valence-electron chi connectivity index (χ4n) is 2.67. The van der Waals surface area contributed by atoms with Crippen LogP contribution in [0, 0.1) is 5.92 Å². The number of hydrogen-bond donors (Lipinski definition) is 2. The van der Waals surface area contributed by atoms with E-state index in [-0.39, 0.29) is 4.75 Å². The first-order chi connectivity index (χ1) is 10.5. The minimum Gasteiger partial charge on any atom is -0.357 e. The van der Waals surface area contributed by atoms with Gasteiger partial charge in [0.25, 0.3) is 0 Å². The summed E-state index contributed by atoms with van der Waals surface area (Å²) in [4.78, 5) is 7.32. The van der Waals surface area contributed by atoms with Crippen molar-refractivity contribution in [1.29, 1.82) is 0 Å². The van der Waals surface area contributed by atoms with E-state index in [1.54, 1.807) is 0 Å². The summed E-state index contributed by atoms with van der Waals surface area (Å²) in [6.45, 7) is 15.5. The summed E-state index contributed by atoms with van der Waals surface area (Å²) < 4.78 is 0.201. The van der Waals surface area contributed by atoms with Crippen LogP contribution in [-0.4, -0.2) is 61.1 Å². The molecule has 1 unspecified atom stereocenters. The lowest BCUT2D eigenvalue weighted by Crippen LogP contribution is -2.40. The van der Waals surface area contributed by atoms with Gasteiger partial charge in [0.15, 0.2) is 5.96 Å². The number of rotatable bonds is 8. The van der Waals surface area contributed by atoms with Gasteiger partial charge >= 0.3 is 0 Å². The highest BCUT2D eigenvalue weighted by molar-refractivity contribution is 7.99. The maximum atomic E-state index is 4.71. The van der Waals surface area contributed by atoms with E-state index in [1.165, 1.54) is 38.9 Å². The topological polar surface area (TPSA) is 39.7 Å². The Morgan fingerprint density at radius 3 is 2.77 bits per heavy atom. The predicted molar refractivity (Wildman–Crippen MR) is 101 cm³/mol. The molecule has 0 aliphatic carbocycles. The summed E-state index contributed by atoms with van der Waals surface area (Å²) in [5, 5.41) is 6.81. The zero-order valence-corrected chi connectivity index (χ0v) is 16.1. The lowest BCUT2D eigenvalue weighted by Gasteiger charge is -2.30. The molecule has 5 heteroatoms. The summed E-state index contributed by atoms with van der Waals surface area (Å²) in [5.41, 5.74) is 0. The average Bonchev–Trinajstić information content (AvgIpc) is 2.49. The van der Waals surface area contributed by atoms with Gasteiger partial charge < -0.3 is 15.5 Å². The summed E-state index contributed by atoms with van der Waals surface area (Å²) in [7, 11) is 0. The van der Waals surface area contributed by atoms with Crippen LogP contribution in [0.4, 0.5) is 0 Å². The first-order valence-electron chi connectivity index (χ1n) is 8.76. The Kier molecular flexibility index (Phi) is 9.25. The van der Waals surface area contributed by atoms with Gasteiger partial charge in [0.2, 0.25) is 0 Å². The molecule has 0 aromatic carbocycles. The maximum absolute atomic E-state index is 4.71. The third-order valence-corrected chi connectivity index (χ3v) is 5.43. The molecule has 1 heterocycles. The summed E-state index contributed by atoms with van der Waals surface area (Å²) in [6, 6.07) is 0. The number of likely N-dealkylation sites (tertiary alicyclic amines) is 1. The molecule has 0 spiro atoms. The van der Waals surface area contributed by atoms with Crippen LogP contribution < -0.4 is 10.6 Å². The summed E-state index contributed by atoms with van der Waals surface area (Å²) in [5.74, 6) is 1.83. The molecule has 1 aliphatic heterocycles. The van der Waals surface area contributed by atoms with Crippen molar-refractivity contribution in [2.45, 2.75) is 51.7 Å². The van der Waals surface area contributed by atoms with Crippen LogP contribution >= 0.6 is 11.8 Å². The second-order valence-corrected chi connectivity index (χ2v) is 8.50. The number of guanidine groups is 1. The highest BCUT2D eigenvalue weighted by Crippen LogP contribution is 2.20. The summed E-state index contributed by atoms with van der Waals surface area (Å²) in [6.07, 6.45) is 6.10. The molecule has 0 bridgehead atoms. The van der Waals surface area contributed by atoms with Crippen LogP contribution in [0.2, 0.25) is 0 Å². The fraction of sp³-hybridized carbons (Fsp3) is 0.941. The van der Waals surface area contributed by atoms with Crippen molar-refractivity contribution in [3.8, 4) is 0 Å². The van der Waals surface area contributed by atoms with Gasteiger partial charge in [0.1, 0.15) is 0 Å². The zero-order chi connectivity index (χ0) is 16.4. The summed E-state index contributed by atoms with van der Waals surface area (Å²) >= 11 is 1.87. The van der Waals surface area contributed by atoms with Crippen LogP contribution in [0.15, 0.2) is 4.99 Å². The molecular weight excluding hydrogens is 292 g/mol. The monoisotopic (exact) mass is 328 g/mol. The number of aliphatic imine (C=N–C) groups is 1. The van der Waals surface area contributed by atoms with Gasteiger partial charge in [0.05, 0.1) is 6.54 Å². The van der Waals surface area contributed by atoms with Crippen LogP contribution in [0.5, 0.6) is 0 Å². The lowest BCUT2D eigenvalue weighted by molar-refractivity contribution is 0.182. The molecule has 0 radical (unpaired) electrons.